The van der Waals surface area contributed by atoms with Crippen LogP contribution in [0, 0.1) is 0 Å². The molecule has 0 atom stereocenters. The fraction of sp³-hybridized carbons (Fsp3) is 0.111. The highest BCUT2D eigenvalue weighted by atomic mass is 16.5. The first-order chi connectivity index (χ1) is 11.3. The molecule has 1 aromatic heterocycles. The Hall–Kier alpha value is -3.08. The van der Waals surface area contributed by atoms with Crippen LogP contribution in [0.3, 0.4) is 0 Å². The van der Waals surface area contributed by atoms with E-state index in [0.29, 0.717) is 12.4 Å². The standard InChI is InChI=1S/C18H17N3O2/c1-22-15-6-2-13(3-7-15)11-23-16-8-4-14(5-9-16)17-10-20-12-21-18(17)19/h2-10,12H,11H2,1H3,(H2,19,20,21). The van der Waals surface area contributed by atoms with Gasteiger partial charge in [0.15, 0.2) is 0 Å². The van der Waals surface area contributed by atoms with Crippen molar-refractivity contribution < 1.29 is 9.47 Å². The molecule has 23 heavy (non-hydrogen) atoms. The molecule has 2 aromatic carbocycles. The van der Waals surface area contributed by atoms with E-state index in [2.05, 4.69) is 9.97 Å². The van der Waals surface area contributed by atoms with Gasteiger partial charge >= 0.3 is 0 Å². The molecule has 0 unspecified atom stereocenters. The molecular formula is C18H17N3O2. The average Bonchev–Trinajstić information content (AvgIpc) is 2.61. The fourth-order valence-corrected chi connectivity index (χ4v) is 2.18. The fourth-order valence-electron chi connectivity index (χ4n) is 2.18. The molecule has 0 bridgehead atoms. The lowest BCUT2D eigenvalue weighted by Crippen LogP contribution is -1.96. The van der Waals surface area contributed by atoms with Crippen LogP contribution in [0.4, 0.5) is 5.82 Å². The molecule has 1 heterocycles. The monoisotopic (exact) mass is 307 g/mol. The molecule has 3 rings (SSSR count). The summed E-state index contributed by atoms with van der Waals surface area (Å²) in [7, 11) is 1.65. The molecule has 0 saturated heterocycles. The summed E-state index contributed by atoms with van der Waals surface area (Å²) >= 11 is 0. The smallest absolute Gasteiger partial charge is 0.134 e. The van der Waals surface area contributed by atoms with Crippen molar-refractivity contribution in [2.75, 3.05) is 12.8 Å². The first-order valence-electron chi connectivity index (χ1n) is 7.18. The number of aromatic nitrogens is 2. The predicted octanol–water partition coefficient (Wildman–Crippen LogP) is 3.31. The third kappa shape index (κ3) is 3.58. The van der Waals surface area contributed by atoms with Crippen molar-refractivity contribution in [3.8, 4) is 22.6 Å². The molecule has 3 aromatic rings. The lowest BCUT2D eigenvalue weighted by Gasteiger charge is -2.08. The van der Waals surface area contributed by atoms with Gasteiger partial charge in [-0.1, -0.05) is 24.3 Å². The Kier molecular flexibility index (Phi) is 4.38. The maximum Gasteiger partial charge on any atom is 0.134 e. The normalized spacial score (nSPS) is 10.3. The molecule has 2 N–H and O–H groups in total. The Morgan fingerprint density at radius 3 is 2.30 bits per heavy atom. The maximum atomic E-state index is 5.86. The predicted molar refractivity (Wildman–Crippen MR) is 89.2 cm³/mol. The van der Waals surface area contributed by atoms with Crippen LogP contribution in [-0.4, -0.2) is 17.1 Å². The highest BCUT2D eigenvalue weighted by Crippen LogP contribution is 2.25. The van der Waals surface area contributed by atoms with Gasteiger partial charge < -0.3 is 15.2 Å². The van der Waals surface area contributed by atoms with Crippen LogP contribution in [0.1, 0.15) is 5.56 Å². The van der Waals surface area contributed by atoms with Crippen molar-refractivity contribution in [1.29, 1.82) is 0 Å². The highest BCUT2D eigenvalue weighted by Gasteiger charge is 2.04. The van der Waals surface area contributed by atoms with E-state index >= 15 is 0 Å². The quantitative estimate of drug-likeness (QED) is 0.783. The Morgan fingerprint density at radius 1 is 0.957 bits per heavy atom. The zero-order valence-corrected chi connectivity index (χ0v) is 12.8. The van der Waals surface area contributed by atoms with Crippen LogP contribution in [-0.2, 0) is 6.61 Å². The van der Waals surface area contributed by atoms with Crippen LogP contribution in [0.15, 0.2) is 61.1 Å². The second kappa shape index (κ2) is 6.79. The summed E-state index contributed by atoms with van der Waals surface area (Å²) in [5, 5.41) is 0. The number of methoxy groups -OCH3 is 1. The number of nitrogens with zero attached hydrogens (tertiary/aromatic N) is 2. The summed E-state index contributed by atoms with van der Waals surface area (Å²) in [6.07, 6.45) is 3.14. The molecule has 0 aliphatic rings. The van der Waals surface area contributed by atoms with Gasteiger partial charge in [0, 0.05) is 11.8 Å². The van der Waals surface area contributed by atoms with Crippen molar-refractivity contribution in [2.24, 2.45) is 0 Å². The molecule has 116 valence electrons. The molecule has 0 saturated carbocycles. The van der Waals surface area contributed by atoms with E-state index in [0.717, 1.165) is 28.2 Å². The second-order valence-electron chi connectivity index (χ2n) is 4.98. The summed E-state index contributed by atoms with van der Waals surface area (Å²) in [4.78, 5) is 8.00. The number of rotatable bonds is 5. The number of hydrogen-bond donors (Lipinski definition) is 1. The zero-order valence-electron chi connectivity index (χ0n) is 12.8. The lowest BCUT2D eigenvalue weighted by atomic mass is 10.1. The first kappa shape index (κ1) is 14.8. The van der Waals surface area contributed by atoms with E-state index in [-0.39, 0.29) is 0 Å². The Morgan fingerprint density at radius 2 is 1.65 bits per heavy atom. The van der Waals surface area contributed by atoms with Crippen molar-refractivity contribution in [3.63, 3.8) is 0 Å². The minimum atomic E-state index is 0.465. The van der Waals surface area contributed by atoms with Crippen molar-refractivity contribution in [3.05, 3.63) is 66.6 Å². The number of anilines is 1. The number of ether oxygens (including phenoxy) is 2. The maximum absolute atomic E-state index is 5.86. The molecule has 0 spiro atoms. The third-order valence-electron chi connectivity index (χ3n) is 3.47. The van der Waals surface area contributed by atoms with Gasteiger partial charge in [-0.2, -0.15) is 0 Å². The summed E-state index contributed by atoms with van der Waals surface area (Å²) in [5.74, 6) is 2.09. The van der Waals surface area contributed by atoms with E-state index in [1.807, 2.05) is 48.5 Å². The van der Waals surface area contributed by atoms with Crippen LogP contribution >= 0.6 is 0 Å². The van der Waals surface area contributed by atoms with E-state index in [1.165, 1.54) is 6.33 Å². The summed E-state index contributed by atoms with van der Waals surface area (Å²) in [5.41, 5.74) is 8.71. The summed E-state index contributed by atoms with van der Waals surface area (Å²) < 4.78 is 10.9. The molecule has 0 fully saturated rings. The van der Waals surface area contributed by atoms with Gasteiger partial charge in [-0.3, -0.25) is 0 Å². The Labute approximate surface area is 134 Å². The largest absolute Gasteiger partial charge is 0.497 e. The van der Waals surface area contributed by atoms with Gasteiger partial charge in [0.2, 0.25) is 0 Å². The van der Waals surface area contributed by atoms with E-state index in [4.69, 9.17) is 15.2 Å². The SMILES string of the molecule is COc1ccc(COc2ccc(-c3cncnc3N)cc2)cc1. The lowest BCUT2D eigenvalue weighted by molar-refractivity contribution is 0.306. The Bertz CT molecular complexity index is 771. The number of hydrogen-bond acceptors (Lipinski definition) is 5. The van der Waals surface area contributed by atoms with Gasteiger partial charge in [-0.15, -0.1) is 0 Å². The van der Waals surface area contributed by atoms with Gasteiger partial charge in [0.25, 0.3) is 0 Å². The van der Waals surface area contributed by atoms with E-state index in [1.54, 1.807) is 13.3 Å². The molecule has 0 amide bonds. The van der Waals surface area contributed by atoms with Crippen molar-refractivity contribution >= 4 is 5.82 Å². The molecule has 0 aliphatic heterocycles. The van der Waals surface area contributed by atoms with Crippen LogP contribution in [0.2, 0.25) is 0 Å². The molecule has 5 nitrogen and oxygen atoms in total. The number of nitrogens with two attached hydrogens (primary N) is 1. The van der Waals surface area contributed by atoms with Crippen molar-refractivity contribution in [2.45, 2.75) is 6.61 Å². The minimum absolute atomic E-state index is 0.465. The van der Waals surface area contributed by atoms with Gasteiger partial charge in [-0.25, -0.2) is 9.97 Å². The van der Waals surface area contributed by atoms with Crippen LogP contribution in [0.25, 0.3) is 11.1 Å². The number of benzene rings is 2. The zero-order chi connectivity index (χ0) is 16.1. The molecular weight excluding hydrogens is 290 g/mol. The van der Waals surface area contributed by atoms with Gasteiger partial charge in [-0.05, 0) is 35.4 Å². The topological polar surface area (TPSA) is 70.3 Å². The van der Waals surface area contributed by atoms with Gasteiger partial charge in [0.1, 0.15) is 30.3 Å². The van der Waals surface area contributed by atoms with Crippen molar-refractivity contribution in [1.82, 2.24) is 9.97 Å². The Balaban J connectivity index is 1.66. The molecule has 0 aliphatic carbocycles. The summed E-state index contributed by atoms with van der Waals surface area (Å²) in [6, 6.07) is 15.5. The van der Waals surface area contributed by atoms with E-state index < -0.39 is 0 Å². The summed E-state index contributed by atoms with van der Waals surface area (Å²) in [6.45, 7) is 0.500. The third-order valence-corrected chi connectivity index (χ3v) is 3.47. The van der Waals surface area contributed by atoms with E-state index in [9.17, 15) is 0 Å². The average molecular weight is 307 g/mol. The first-order valence-corrected chi connectivity index (χ1v) is 7.18. The second-order valence-corrected chi connectivity index (χ2v) is 4.98. The number of nitrogen functional groups attached to an aromatic ring is 1. The van der Waals surface area contributed by atoms with Crippen LogP contribution < -0.4 is 15.2 Å². The minimum Gasteiger partial charge on any atom is -0.497 e. The highest BCUT2D eigenvalue weighted by molar-refractivity contribution is 5.72. The van der Waals surface area contributed by atoms with Crippen LogP contribution in [0.5, 0.6) is 11.5 Å². The van der Waals surface area contributed by atoms with Gasteiger partial charge in [0.05, 0.1) is 7.11 Å². The molecule has 0 radical (unpaired) electrons. The molecule has 5 heteroatoms.